The first kappa shape index (κ1) is 14.7. The zero-order valence-corrected chi connectivity index (χ0v) is 11.8. The van der Waals surface area contributed by atoms with Crippen molar-refractivity contribution in [1.29, 1.82) is 0 Å². The van der Waals surface area contributed by atoms with Crippen LogP contribution in [0.3, 0.4) is 0 Å². The fourth-order valence-corrected chi connectivity index (χ4v) is 2.17. The van der Waals surface area contributed by atoms with Gasteiger partial charge in [-0.25, -0.2) is 4.79 Å². The lowest BCUT2D eigenvalue weighted by molar-refractivity contribution is 0.0602. The number of hydrogen-bond donors (Lipinski definition) is 2. The largest absolute Gasteiger partial charge is 0.465 e. The molecule has 100 valence electrons. The van der Waals surface area contributed by atoms with Gasteiger partial charge < -0.3 is 15.8 Å². The number of nitrogen functional groups attached to an aromatic ring is 1. The molecule has 0 saturated heterocycles. The number of anilines is 2. The van der Waals surface area contributed by atoms with E-state index in [4.69, 9.17) is 10.5 Å². The number of carbonyl (C=O) groups is 1. The molecule has 0 amide bonds. The lowest BCUT2D eigenvalue weighted by atomic mass is 10.1. The summed E-state index contributed by atoms with van der Waals surface area (Å²) in [6.07, 6.45) is 3.16. The average molecular weight is 268 g/mol. The van der Waals surface area contributed by atoms with Crippen molar-refractivity contribution >= 4 is 29.1 Å². The highest BCUT2D eigenvalue weighted by molar-refractivity contribution is 7.98. The van der Waals surface area contributed by atoms with Gasteiger partial charge in [0.15, 0.2) is 0 Å². The Kier molecular flexibility index (Phi) is 5.85. The van der Waals surface area contributed by atoms with Crippen LogP contribution in [-0.2, 0) is 4.74 Å². The van der Waals surface area contributed by atoms with Crippen LogP contribution in [0.15, 0.2) is 18.2 Å². The van der Waals surface area contributed by atoms with E-state index in [1.807, 2.05) is 17.8 Å². The van der Waals surface area contributed by atoms with Crippen LogP contribution >= 0.6 is 11.8 Å². The van der Waals surface area contributed by atoms with Crippen molar-refractivity contribution in [2.75, 3.05) is 30.2 Å². The number of nitrogens with one attached hydrogen (secondary N) is 1. The predicted molar refractivity (Wildman–Crippen MR) is 78.3 cm³/mol. The van der Waals surface area contributed by atoms with E-state index in [0.717, 1.165) is 17.9 Å². The molecule has 0 bridgehead atoms. The maximum atomic E-state index is 11.5. The van der Waals surface area contributed by atoms with Gasteiger partial charge in [0, 0.05) is 17.4 Å². The smallest absolute Gasteiger partial charge is 0.340 e. The predicted octanol–water partition coefficient (Wildman–Crippen LogP) is 2.61. The van der Waals surface area contributed by atoms with E-state index in [1.54, 1.807) is 12.1 Å². The molecule has 1 unspecified atom stereocenters. The molecule has 0 aliphatic carbocycles. The highest BCUT2D eigenvalue weighted by Gasteiger charge is 2.11. The second kappa shape index (κ2) is 7.16. The molecule has 0 aromatic heterocycles. The second-order valence-corrected chi connectivity index (χ2v) is 5.11. The summed E-state index contributed by atoms with van der Waals surface area (Å²) in [5.41, 5.74) is 7.47. The van der Waals surface area contributed by atoms with E-state index in [2.05, 4.69) is 18.5 Å². The molecule has 0 fully saturated rings. The molecule has 5 heteroatoms. The van der Waals surface area contributed by atoms with Crippen LogP contribution in [0.25, 0.3) is 0 Å². The Morgan fingerprint density at radius 1 is 1.56 bits per heavy atom. The molecule has 0 heterocycles. The normalized spacial score (nSPS) is 11.9. The van der Waals surface area contributed by atoms with Crippen LogP contribution < -0.4 is 11.1 Å². The third kappa shape index (κ3) is 4.14. The standard InChI is InChI=1S/C13H20N2O2S/c1-9(6-7-18-3)15-10-4-5-12(14)11(8-10)13(16)17-2/h4-5,8-9,15H,6-7,14H2,1-3H3. The number of esters is 1. The molecule has 1 aromatic rings. The molecule has 0 radical (unpaired) electrons. The molecule has 0 saturated carbocycles. The van der Waals surface area contributed by atoms with Crippen LogP contribution in [0.1, 0.15) is 23.7 Å². The van der Waals surface area contributed by atoms with Crippen molar-refractivity contribution in [3.63, 3.8) is 0 Å². The fourth-order valence-electron chi connectivity index (χ4n) is 1.58. The number of methoxy groups -OCH3 is 1. The molecule has 1 atom stereocenters. The maximum Gasteiger partial charge on any atom is 0.340 e. The first-order valence-corrected chi connectivity index (χ1v) is 7.21. The lowest BCUT2D eigenvalue weighted by Gasteiger charge is -2.15. The Morgan fingerprint density at radius 3 is 2.89 bits per heavy atom. The van der Waals surface area contributed by atoms with E-state index >= 15 is 0 Å². The van der Waals surface area contributed by atoms with E-state index < -0.39 is 5.97 Å². The van der Waals surface area contributed by atoms with Gasteiger partial charge in [-0.2, -0.15) is 11.8 Å². The van der Waals surface area contributed by atoms with Gasteiger partial charge in [0.1, 0.15) is 0 Å². The van der Waals surface area contributed by atoms with Gasteiger partial charge in [-0.05, 0) is 43.6 Å². The quantitative estimate of drug-likeness (QED) is 0.613. The van der Waals surface area contributed by atoms with Crippen LogP contribution in [0.2, 0.25) is 0 Å². The van der Waals surface area contributed by atoms with Gasteiger partial charge in [0.25, 0.3) is 0 Å². The molecule has 0 aliphatic heterocycles. The highest BCUT2D eigenvalue weighted by atomic mass is 32.2. The third-order valence-electron chi connectivity index (χ3n) is 2.63. The Bertz CT molecular complexity index is 410. The van der Waals surface area contributed by atoms with Crippen LogP contribution in [-0.4, -0.2) is 31.1 Å². The summed E-state index contributed by atoms with van der Waals surface area (Å²) in [7, 11) is 1.35. The zero-order valence-electron chi connectivity index (χ0n) is 11.0. The van der Waals surface area contributed by atoms with Crippen LogP contribution in [0, 0.1) is 0 Å². The minimum absolute atomic E-state index is 0.353. The van der Waals surface area contributed by atoms with Crippen molar-refractivity contribution in [3.8, 4) is 0 Å². The summed E-state index contributed by atoms with van der Waals surface area (Å²) in [6.45, 7) is 2.12. The summed E-state index contributed by atoms with van der Waals surface area (Å²) in [5, 5.41) is 3.35. The molecule has 18 heavy (non-hydrogen) atoms. The van der Waals surface area contributed by atoms with E-state index in [-0.39, 0.29) is 0 Å². The number of thioether (sulfide) groups is 1. The SMILES string of the molecule is COC(=O)c1cc(NC(C)CCSC)ccc1N. The molecule has 0 aliphatic rings. The Labute approximate surface area is 112 Å². The van der Waals surface area contributed by atoms with E-state index in [1.165, 1.54) is 7.11 Å². The Morgan fingerprint density at radius 2 is 2.28 bits per heavy atom. The minimum Gasteiger partial charge on any atom is -0.465 e. The Hall–Kier alpha value is -1.36. The highest BCUT2D eigenvalue weighted by Crippen LogP contribution is 2.20. The Balaban J connectivity index is 2.75. The van der Waals surface area contributed by atoms with E-state index in [9.17, 15) is 4.79 Å². The monoisotopic (exact) mass is 268 g/mol. The first-order chi connectivity index (χ1) is 8.58. The third-order valence-corrected chi connectivity index (χ3v) is 3.27. The molecule has 1 rings (SSSR count). The number of carbonyl (C=O) groups excluding carboxylic acids is 1. The van der Waals surface area contributed by atoms with Gasteiger partial charge in [-0.3, -0.25) is 0 Å². The molecule has 3 N–H and O–H groups in total. The molecule has 0 spiro atoms. The number of rotatable bonds is 6. The van der Waals surface area contributed by atoms with Crippen molar-refractivity contribution < 1.29 is 9.53 Å². The number of ether oxygens (including phenoxy) is 1. The van der Waals surface area contributed by atoms with Gasteiger partial charge in [0.2, 0.25) is 0 Å². The number of hydrogen-bond acceptors (Lipinski definition) is 5. The summed E-state index contributed by atoms with van der Waals surface area (Å²) in [5.74, 6) is 0.695. The van der Waals surface area contributed by atoms with Crippen molar-refractivity contribution in [2.45, 2.75) is 19.4 Å². The van der Waals surface area contributed by atoms with Crippen LogP contribution in [0.5, 0.6) is 0 Å². The fraction of sp³-hybridized carbons (Fsp3) is 0.462. The molecular formula is C13H20N2O2S. The number of benzene rings is 1. The van der Waals surface area contributed by atoms with Crippen molar-refractivity contribution in [1.82, 2.24) is 0 Å². The van der Waals surface area contributed by atoms with Gasteiger partial charge in [-0.15, -0.1) is 0 Å². The minimum atomic E-state index is -0.409. The second-order valence-electron chi connectivity index (χ2n) is 4.12. The summed E-state index contributed by atoms with van der Waals surface area (Å²) < 4.78 is 4.69. The summed E-state index contributed by atoms with van der Waals surface area (Å²) >= 11 is 1.82. The summed E-state index contributed by atoms with van der Waals surface area (Å²) in [6, 6.07) is 5.68. The topological polar surface area (TPSA) is 64.3 Å². The molecule has 1 aromatic carbocycles. The zero-order chi connectivity index (χ0) is 13.5. The first-order valence-electron chi connectivity index (χ1n) is 5.81. The van der Waals surface area contributed by atoms with Gasteiger partial charge >= 0.3 is 5.97 Å². The number of nitrogens with two attached hydrogens (primary N) is 1. The molecular weight excluding hydrogens is 248 g/mol. The lowest BCUT2D eigenvalue weighted by Crippen LogP contribution is -2.16. The van der Waals surface area contributed by atoms with Crippen molar-refractivity contribution in [2.24, 2.45) is 0 Å². The average Bonchev–Trinajstić information content (AvgIpc) is 2.37. The maximum absolute atomic E-state index is 11.5. The van der Waals surface area contributed by atoms with Gasteiger partial charge in [-0.1, -0.05) is 0 Å². The van der Waals surface area contributed by atoms with E-state index in [0.29, 0.717) is 17.3 Å². The van der Waals surface area contributed by atoms with Gasteiger partial charge in [0.05, 0.1) is 12.7 Å². The van der Waals surface area contributed by atoms with Crippen molar-refractivity contribution in [3.05, 3.63) is 23.8 Å². The summed E-state index contributed by atoms with van der Waals surface area (Å²) in [4.78, 5) is 11.5. The van der Waals surface area contributed by atoms with Crippen LogP contribution in [0.4, 0.5) is 11.4 Å². The molecule has 4 nitrogen and oxygen atoms in total.